The number of rotatable bonds is 7. The Balaban J connectivity index is 0.000000107. The van der Waals surface area contributed by atoms with Gasteiger partial charge in [-0.1, -0.05) is 436 Å². The fraction of sp³-hybridized carbons (Fsp3) is 0.0732. The molecule has 3 aliphatic rings. The molecule has 3 aliphatic carbocycles. The third-order valence-electron chi connectivity index (χ3n) is 27.7. The highest BCUT2D eigenvalue weighted by molar-refractivity contribution is 6.26. The largest absolute Gasteiger partial charge is 0.0622 e. The first kappa shape index (κ1) is 73.3. The van der Waals surface area contributed by atoms with Crippen LogP contribution in [0.3, 0.4) is 0 Å². The van der Waals surface area contributed by atoms with E-state index in [0.717, 1.165) is 0 Å². The molecule has 123 heavy (non-hydrogen) atoms. The second kappa shape index (κ2) is 28.7. The smallest absolute Gasteiger partial charge is 0.0159 e. The van der Waals surface area contributed by atoms with Crippen molar-refractivity contribution in [2.24, 2.45) is 0 Å². The van der Waals surface area contributed by atoms with Gasteiger partial charge in [-0.25, -0.2) is 0 Å². The summed E-state index contributed by atoms with van der Waals surface area (Å²) in [6, 6.07) is 157. The van der Waals surface area contributed by atoms with Crippen LogP contribution in [-0.4, -0.2) is 0 Å². The van der Waals surface area contributed by atoms with E-state index in [-0.39, 0.29) is 16.2 Å². The van der Waals surface area contributed by atoms with Gasteiger partial charge >= 0.3 is 0 Å². The maximum absolute atomic E-state index is 2.51. The van der Waals surface area contributed by atoms with Crippen molar-refractivity contribution in [3.8, 4) is 111 Å². The highest BCUT2D eigenvalue weighted by Crippen LogP contribution is 2.58. The quantitative estimate of drug-likeness (QED) is 0.140. The van der Waals surface area contributed by atoms with Crippen molar-refractivity contribution in [2.45, 2.75) is 57.8 Å². The second-order valence-corrected chi connectivity index (χ2v) is 35.5. The lowest BCUT2D eigenvalue weighted by Crippen LogP contribution is -2.15. The first-order valence-electron chi connectivity index (χ1n) is 43.4. The number of benzene rings is 22. The summed E-state index contributed by atoms with van der Waals surface area (Å²) >= 11 is 0. The fourth-order valence-corrected chi connectivity index (χ4v) is 21.9. The number of hydrogen-bond acceptors (Lipinski definition) is 0. The average molecular weight is 1570 g/mol. The molecule has 0 aromatic heterocycles. The molecule has 580 valence electrons. The maximum atomic E-state index is 2.51. The molecule has 0 bridgehead atoms. The van der Waals surface area contributed by atoms with Crippen molar-refractivity contribution in [1.29, 1.82) is 0 Å². The van der Waals surface area contributed by atoms with Gasteiger partial charge in [0.05, 0.1) is 0 Å². The summed E-state index contributed by atoms with van der Waals surface area (Å²) in [5, 5.41) is 23.4. The number of hydrogen-bond donors (Lipinski definition) is 0. The molecule has 22 aromatic rings. The highest BCUT2D eigenvalue weighted by Gasteiger charge is 2.40. The highest BCUT2D eigenvalue weighted by atomic mass is 14.4. The standard InChI is InChI=1S/C45H32.2C39H28/c1-45(2)40-27-25-30-12-6-7-15-34(30)44(40)39-26-24-33(28-41(39)45)29-20-22-32(23-21-29)43-37-18-10-8-16-35(37)42(31-13-4-3-5-14-31)36-17-9-11-19-38(36)43;1-39(2)34-23-13-12-22-32(34)38-27-17-7-6-16-26(27)33(24-35(38)39)37-30-20-10-8-18-28(30)36(25-14-4-3-5-15-25)29-19-9-11-21-31(29)37;1-39(2)35-24-28(20-21-29(35)34-22-26-14-6-7-15-27(26)23-36(34)39)38-32-18-10-8-16-30(32)37(25-12-4-3-5-13-25)31-17-9-11-19-33(31)38/h3-28H,1-2H3;2*3-24H,1-2H3. The lowest BCUT2D eigenvalue weighted by molar-refractivity contribution is 0.661. The second-order valence-electron chi connectivity index (χ2n) is 35.5. The zero-order valence-electron chi connectivity index (χ0n) is 69.9. The lowest BCUT2D eigenvalue weighted by atomic mass is 9.79. The Bertz CT molecular complexity index is 7920. The Morgan fingerprint density at radius 1 is 0.122 bits per heavy atom. The summed E-state index contributed by atoms with van der Waals surface area (Å²) in [6.07, 6.45) is 0. The molecule has 0 atom stereocenters. The predicted octanol–water partition coefficient (Wildman–Crippen LogP) is 34.0. The minimum atomic E-state index is -0.0692. The summed E-state index contributed by atoms with van der Waals surface area (Å²) in [6.45, 7) is 14.3. The van der Waals surface area contributed by atoms with Crippen molar-refractivity contribution < 1.29 is 0 Å². The maximum Gasteiger partial charge on any atom is 0.0159 e. The van der Waals surface area contributed by atoms with Crippen LogP contribution in [0.15, 0.2) is 425 Å². The average Bonchev–Trinajstić information content (AvgIpc) is 1.58. The van der Waals surface area contributed by atoms with Gasteiger partial charge in [0.15, 0.2) is 0 Å². The summed E-state index contributed by atoms with van der Waals surface area (Å²) in [7, 11) is 0. The molecule has 0 saturated heterocycles. The molecule has 0 amide bonds. The Kier molecular flexibility index (Phi) is 17.1. The van der Waals surface area contributed by atoms with Gasteiger partial charge in [-0.15, -0.1) is 0 Å². The van der Waals surface area contributed by atoms with Crippen molar-refractivity contribution in [1.82, 2.24) is 0 Å². The van der Waals surface area contributed by atoms with Crippen LogP contribution in [0, 0.1) is 0 Å². The SMILES string of the molecule is CC1(C)c2cc(-c3c4ccccc4c(-c4ccccc4)c4ccccc34)ccc2-c2cc3ccccc3cc21.CC1(C)c2cc(-c3ccc(-c4c5ccccc5c(-c5ccccc5)c5ccccc45)cc3)ccc2-c2c1ccc1ccccc21.CC1(C)c2ccccc2-c2c1cc(-c1c3ccccc3c(-c3ccccc3)c3ccccc13)c1ccccc21. The van der Waals surface area contributed by atoms with Gasteiger partial charge in [-0.2, -0.15) is 0 Å². The van der Waals surface area contributed by atoms with Crippen LogP contribution in [0.2, 0.25) is 0 Å². The van der Waals surface area contributed by atoms with Gasteiger partial charge in [0, 0.05) is 16.2 Å². The van der Waals surface area contributed by atoms with E-state index < -0.39 is 0 Å². The first-order chi connectivity index (χ1) is 60.3. The van der Waals surface area contributed by atoms with E-state index in [9.17, 15) is 0 Å². The van der Waals surface area contributed by atoms with Gasteiger partial charge < -0.3 is 0 Å². The first-order valence-corrected chi connectivity index (χ1v) is 43.4. The monoisotopic (exact) mass is 1560 g/mol. The molecule has 0 saturated carbocycles. The summed E-state index contributed by atoms with van der Waals surface area (Å²) in [4.78, 5) is 0. The molecule has 0 N–H and O–H groups in total. The lowest BCUT2D eigenvalue weighted by Gasteiger charge is -2.24. The summed E-state index contributed by atoms with van der Waals surface area (Å²) < 4.78 is 0. The van der Waals surface area contributed by atoms with Crippen molar-refractivity contribution in [3.05, 3.63) is 458 Å². The molecular weight excluding hydrogens is 1480 g/mol. The molecule has 0 heterocycles. The van der Waals surface area contributed by atoms with Crippen LogP contribution in [-0.2, 0) is 16.2 Å². The van der Waals surface area contributed by atoms with Crippen LogP contribution in [0.25, 0.3) is 208 Å². The van der Waals surface area contributed by atoms with E-state index in [4.69, 9.17) is 0 Å². The predicted molar refractivity (Wildman–Crippen MR) is 528 cm³/mol. The molecule has 0 fully saturated rings. The van der Waals surface area contributed by atoms with E-state index in [1.807, 2.05) is 0 Å². The normalized spacial score (nSPS) is 13.5. The van der Waals surface area contributed by atoms with Crippen LogP contribution < -0.4 is 0 Å². The summed E-state index contributed by atoms with van der Waals surface area (Å²) in [5.74, 6) is 0. The third kappa shape index (κ3) is 11.6. The summed E-state index contributed by atoms with van der Waals surface area (Å²) in [5.41, 5.74) is 34.5. The molecule has 0 aliphatic heterocycles. The topological polar surface area (TPSA) is 0 Å². The van der Waals surface area contributed by atoms with Crippen LogP contribution in [0.4, 0.5) is 0 Å². The van der Waals surface area contributed by atoms with E-state index in [1.54, 1.807) is 0 Å². The molecule has 0 heteroatoms. The van der Waals surface area contributed by atoms with E-state index >= 15 is 0 Å². The van der Waals surface area contributed by atoms with Crippen molar-refractivity contribution >= 4 is 97.0 Å². The molecule has 0 nitrogen and oxygen atoms in total. The van der Waals surface area contributed by atoms with E-state index in [1.165, 1.54) is 242 Å². The van der Waals surface area contributed by atoms with Gasteiger partial charge in [0.1, 0.15) is 0 Å². The van der Waals surface area contributed by atoms with Crippen molar-refractivity contribution in [3.63, 3.8) is 0 Å². The fourth-order valence-electron chi connectivity index (χ4n) is 21.9. The van der Waals surface area contributed by atoms with Gasteiger partial charge in [0.2, 0.25) is 0 Å². The van der Waals surface area contributed by atoms with Gasteiger partial charge in [-0.3, -0.25) is 0 Å². The zero-order chi connectivity index (χ0) is 82.4. The Labute approximate surface area is 719 Å². The van der Waals surface area contributed by atoms with Gasteiger partial charge in [0.25, 0.3) is 0 Å². The molecule has 25 rings (SSSR count). The molecule has 22 aromatic carbocycles. The van der Waals surface area contributed by atoms with Crippen LogP contribution >= 0.6 is 0 Å². The van der Waals surface area contributed by atoms with Crippen LogP contribution in [0.5, 0.6) is 0 Å². The molecule has 0 radical (unpaired) electrons. The Morgan fingerprint density at radius 3 is 0.894 bits per heavy atom. The number of fused-ring (bicyclic) bond motifs is 20. The molecule has 0 spiro atoms. The molecule has 0 unspecified atom stereocenters. The Morgan fingerprint density at radius 2 is 0.415 bits per heavy atom. The third-order valence-corrected chi connectivity index (χ3v) is 27.7. The minimum Gasteiger partial charge on any atom is -0.0622 e. The van der Waals surface area contributed by atoms with Crippen LogP contribution in [0.1, 0.15) is 74.9 Å². The van der Waals surface area contributed by atoms with Crippen molar-refractivity contribution in [2.75, 3.05) is 0 Å². The minimum absolute atomic E-state index is 0.0526. The van der Waals surface area contributed by atoms with E-state index in [2.05, 4.69) is 466 Å². The Hall–Kier alpha value is -14.8. The molecular formula is C123H88. The zero-order valence-corrected chi connectivity index (χ0v) is 69.9. The van der Waals surface area contributed by atoms with Gasteiger partial charge in [-0.05, 0) is 272 Å². The van der Waals surface area contributed by atoms with E-state index in [0.29, 0.717) is 0 Å².